The molecule has 0 atom stereocenters. The van der Waals surface area contributed by atoms with E-state index in [4.69, 9.17) is 5.11 Å². The molecule has 1 aliphatic rings. The normalized spacial score (nSPS) is 20.9. The molecule has 128 valence electrons. The van der Waals surface area contributed by atoms with Gasteiger partial charge < -0.3 is 20.3 Å². The molecule has 1 fully saturated rings. The van der Waals surface area contributed by atoms with Gasteiger partial charge in [-0.2, -0.15) is 0 Å². The van der Waals surface area contributed by atoms with Crippen molar-refractivity contribution in [1.29, 1.82) is 0 Å². The number of carbonyl (C=O) groups is 1. The third kappa shape index (κ3) is 6.06. The monoisotopic (exact) mass is 321 g/mol. The Hall–Kier alpha value is -1.82. The Labute approximate surface area is 136 Å². The molecular formula is C17H27N3O3. The van der Waals surface area contributed by atoms with Crippen molar-refractivity contribution in [2.24, 2.45) is 5.92 Å². The van der Waals surface area contributed by atoms with Gasteiger partial charge in [0.05, 0.1) is 0 Å². The van der Waals surface area contributed by atoms with E-state index in [2.05, 4.69) is 10.6 Å². The number of rotatable bonds is 7. The summed E-state index contributed by atoms with van der Waals surface area (Å²) in [7, 11) is 0. The Bertz CT molecular complexity index is 536. The van der Waals surface area contributed by atoms with Crippen LogP contribution < -0.4 is 16.2 Å². The zero-order chi connectivity index (χ0) is 16.5. The van der Waals surface area contributed by atoms with Crippen molar-refractivity contribution in [2.75, 3.05) is 13.2 Å². The average Bonchev–Trinajstić information content (AvgIpc) is 2.57. The fourth-order valence-electron chi connectivity index (χ4n) is 2.98. The van der Waals surface area contributed by atoms with Crippen molar-refractivity contribution in [3.05, 3.63) is 34.7 Å². The van der Waals surface area contributed by atoms with Crippen molar-refractivity contribution in [2.45, 2.75) is 51.1 Å². The van der Waals surface area contributed by atoms with Gasteiger partial charge in [0, 0.05) is 38.0 Å². The lowest BCUT2D eigenvalue weighted by Gasteiger charge is -2.27. The molecule has 0 bridgehead atoms. The molecule has 0 aliphatic heterocycles. The first-order valence-electron chi connectivity index (χ1n) is 8.49. The molecule has 1 aromatic heterocycles. The van der Waals surface area contributed by atoms with E-state index in [1.165, 1.54) is 0 Å². The summed E-state index contributed by atoms with van der Waals surface area (Å²) in [5.74, 6) is 0.400. The molecular weight excluding hydrogens is 294 g/mol. The molecule has 0 unspecified atom stereocenters. The molecule has 0 aromatic carbocycles. The highest BCUT2D eigenvalue weighted by Crippen LogP contribution is 2.23. The van der Waals surface area contributed by atoms with Crippen molar-refractivity contribution >= 4 is 6.03 Å². The number of unbranched alkanes of at least 4 members (excludes halogenated alkanes) is 1. The highest BCUT2D eigenvalue weighted by atomic mass is 16.3. The lowest BCUT2D eigenvalue weighted by molar-refractivity contribution is 0.174. The van der Waals surface area contributed by atoms with E-state index in [-0.39, 0.29) is 24.2 Å². The molecule has 2 amide bonds. The third-order valence-corrected chi connectivity index (χ3v) is 4.45. The predicted molar refractivity (Wildman–Crippen MR) is 89.3 cm³/mol. The zero-order valence-electron chi connectivity index (χ0n) is 13.5. The van der Waals surface area contributed by atoms with Crippen LogP contribution in [0.3, 0.4) is 0 Å². The van der Waals surface area contributed by atoms with Gasteiger partial charge in [0.2, 0.25) is 5.56 Å². The highest BCUT2D eigenvalue weighted by Gasteiger charge is 2.21. The van der Waals surface area contributed by atoms with Crippen LogP contribution >= 0.6 is 0 Å². The van der Waals surface area contributed by atoms with Crippen LogP contribution in [0.15, 0.2) is 29.2 Å². The summed E-state index contributed by atoms with van der Waals surface area (Å²) in [4.78, 5) is 23.3. The van der Waals surface area contributed by atoms with Crippen LogP contribution in [0.4, 0.5) is 4.79 Å². The number of amides is 2. The number of nitrogens with zero attached hydrogens (tertiary/aromatic N) is 1. The van der Waals surface area contributed by atoms with Crippen molar-refractivity contribution in [3.63, 3.8) is 0 Å². The van der Waals surface area contributed by atoms with Gasteiger partial charge in [-0.25, -0.2) is 4.79 Å². The van der Waals surface area contributed by atoms with Crippen LogP contribution in [0.5, 0.6) is 0 Å². The lowest BCUT2D eigenvalue weighted by atomic mass is 9.87. The fraction of sp³-hybridized carbons (Fsp3) is 0.647. The van der Waals surface area contributed by atoms with Crippen molar-refractivity contribution in [3.8, 4) is 0 Å². The largest absolute Gasteiger partial charge is 0.396 e. The standard InChI is InChI=1S/C17H27N3O3/c21-13-14-6-8-15(9-7-14)19-17(23)18-10-2-4-12-20-11-3-1-5-16(20)22/h1,3,5,11,14-15,21H,2,4,6-10,12-13H2,(H2,18,19,23). The van der Waals surface area contributed by atoms with E-state index < -0.39 is 0 Å². The zero-order valence-corrected chi connectivity index (χ0v) is 13.5. The minimum Gasteiger partial charge on any atom is -0.396 e. The lowest BCUT2D eigenvalue weighted by Crippen LogP contribution is -2.44. The maximum Gasteiger partial charge on any atom is 0.315 e. The van der Waals surface area contributed by atoms with Gasteiger partial charge in [-0.05, 0) is 50.5 Å². The number of carbonyl (C=O) groups excluding carboxylic acids is 1. The predicted octanol–water partition coefficient (Wildman–Crippen LogP) is 1.48. The van der Waals surface area contributed by atoms with Gasteiger partial charge in [-0.3, -0.25) is 4.79 Å². The molecule has 1 heterocycles. The number of aliphatic hydroxyl groups excluding tert-OH is 1. The molecule has 6 nitrogen and oxygen atoms in total. The van der Waals surface area contributed by atoms with Crippen molar-refractivity contribution in [1.82, 2.24) is 15.2 Å². The molecule has 1 aliphatic carbocycles. The molecule has 1 saturated carbocycles. The summed E-state index contributed by atoms with van der Waals surface area (Å²) < 4.78 is 1.68. The second-order valence-corrected chi connectivity index (χ2v) is 6.24. The van der Waals surface area contributed by atoms with Gasteiger partial charge >= 0.3 is 6.03 Å². The number of urea groups is 1. The van der Waals surface area contributed by atoms with Gasteiger partial charge in [0.1, 0.15) is 0 Å². The highest BCUT2D eigenvalue weighted by molar-refractivity contribution is 5.74. The molecule has 0 radical (unpaired) electrons. The number of nitrogens with one attached hydrogen (secondary N) is 2. The smallest absolute Gasteiger partial charge is 0.315 e. The van der Waals surface area contributed by atoms with E-state index in [0.29, 0.717) is 19.0 Å². The van der Waals surface area contributed by atoms with Crippen LogP contribution in [0.1, 0.15) is 38.5 Å². The maximum absolute atomic E-state index is 11.8. The Morgan fingerprint density at radius 3 is 2.70 bits per heavy atom. The van der Waals surface area contributed by atoms with E-state index in [9.17, 15) is 9.59 Å². The number of hydrogen-bond donors (Lipinski definition) is 3. The summed E-state index contributed by atoms with van der Waals surface area (Å²) in [5.41, 5.74) is 0.0108. The van der Waals surface area contributed by atoms with Crippen molar-refractivity contribution < 1.29 is 9.90 Å². The molecule has 23 heavy (non-hydrogen) atoms. The van der Waals surface area contributed by atoms with Crippen LogP contribution in [-0.2, 0) is 6.54 Å². The fourth-order valence-corrected chi connectivity index (χ4v) is 2.98. The van der Waals surface area contributed by atoms with E-state index in [1.807, 2.05) is 6.07 Å². The summed E-state index contributed by atoms with van der Waals surface area (Å²) in [6.07, 6.45) is 7.31. The van der Waals surface area contributed by atoms with Gasteiger partial charge in [0.25, 0.3) is 0 Å². The van der Waals surface area contributed by atoms with Gasteiger partial charge in [-0.15, -0.1) is 0 Å². The van der Waals surface area contributed by atoms with E-state index >= 15 is 0 Å². The number of hydrogen-bond acceptors (Lipinski definition) is 3. The first-order valence-corrected chi connectivity index (χ1v) is 8.49. The van der Waals surface area contributed by atoms with E-state index in [0.717, 1.165) is 38.5 Å². The molecule has 2 rings (SSSR count). The molecule has 0 saturated heterocycles. The SMILES string of the molecule is O=C(NCCCCn1ccccc1=O)NC1CCC(CO)CC1. The van der Waals surface area contributed by atoms with Crippen LogP contribution in [-0.4, -0.2) is 34.9 Å². The first kappa shape index (κ1) is 17.5. The second kappa shape index (κ2) is 9.35. The minimum absolute atomic E-state index is 0.0108. The molecule has 3 N–H and O–H groups in total. The van der Waals surface area contributed by atoms with Gasteiger partial charge in [-0.1, -0.05) is 6.07 Å². The van der Waals surface area contributed by atoms with Crippen LogP contribution in [0, 0.1) is 5.92 Å². The van der Waals surface area contributed by atoms with E-state index in [1.54, 1.807) is 22.9 Å². The quantitative estimate of drug-likeness (QED) is 0.665. The maximum atomic E-state index is 11.8. The average molecular weight is 321 g/mol. The Morgan fingerprint density at radius 1 is 1.22 bits per heavy atom. The van der Waals surface area contributed by atoms with Gasteiger partial charge in [0.15, 0.2) is 0 Å². The molecule has 0 spiro atoms. The molecule has 6 heteroatoms. The summed E-state index contributed by atoms with van der Waals surface area (Å²) in [6.45, 7) is 1.54. The van der Waals surface area contributed by atoms with Crippen LogP contribution in [0.25, 0.3) is 0 Å². The summed E-state index contributed by atoms with van der Waals surface area (Å²) in [6, 6.07) is 5.24. The summed E-state index contributed by atoms with van der Waals surface area (Å²) >= 11 is 0. The minimum atomic E-state index is -0.116. The summed E-state index contributed by atoms with van der Waals surface area (Å²) in [5, 5.41) is 15.0. The van der Waals surface area contributed by atoms with Crippen LogP contribution in [0.2, 0.25) is 0 Å². The number of aromatic nitrogens is 1. The number of aliphatic hydroxyl groups is 1. The molecule has 1 aromatic rings. The topological polar surface area (TPSA) is 83.4 Å². The number of pyridine rings is 1. The second-order valence-electron chi connectivity index (χ2n) is 6.24. The third-order valence-electron chi connectivity index (χ3n) is 4.45. The number of aryl methyl sites for hydroxylation is 1. The first-order chi connectivity index (χ1) is 11.2. The Morgan fingerprint density at radius 2 is 2.00 bits per heavy atom. The Kier molecular flexibility index (Phi) is 7.13. The Balaban J connectivity index is 1.55.